The second kappa shape index (κ2) is 8.87. The summed E-state index contributed by atoms with van der Waals surface area (Å²) in [7, 11) is 0. The Bertz CT molecular complexity index is 724. The van der Waals surface area contributed by atoms with Crippen LogP contribution in [0.2, 0.25) is 0 Å². The zero-order valence-electron chi connectivity index (χ0n) is 14.9. The fourth-order valence-corrected chi connectivity index (χ4v) is 2.36. The monoisotopic (exact) mass is 339 g/mol. The maximum atomic E-state index is 12.0. The second-order valence-electron chi connectivity index (χ2n) is 6.49. The van der Waals surface area contributed by atoms with E-state index in [2.05, 4.69) is 16.0 Å². The summed E-state index contributed by atoms with van der Waals surface area (Å²) in [5.74, 6) is 0.187. The lowest BCUT2D eigenvalue weighted by Gasteiger charge is -2.10. The van der Waals surface area contributed by atoms with E-state index in [9.17, 15) is 9.59 Å². The van der Waals surface area contributed by atoms with E-state index in [-0.39, 0.29) is 18.4 Å². The van der Waals surface area contributed by atoms with Crippen LogP contribution < -0.4 is 16.0 Å². The van der Waals surface area contributed by atoms with E-state index in [1.807, 2.05) is 45.0 Å². The molecule has 0 aromatic heterocycles. The first-order chi connectivity index (χ1) is 11.9. The quantitative estimate of drug-likeness (QED) is 0.713. The molecule has 132 valence electrons. The molecule has 0 saturated heterocycles. The molecule has 2 aromatic carbocycles. The molecular formula is C20H25N3O2. The van der Waals surface area contributed by atoms with Crippen molar-refractivity contribution in [3.8, 4) is 0 Å². The molecule has 0 atom stereocenters. The number of carbonyl (C=O) groups excluding carboxylic acids is 2. The zero-order valence-corrected chi connectivity index (χ0v) is 14.9. The normalized spacial score (nSPS) is 10.4. The number of nitrogens with one attached hydrogen (secondary N) is 3. The number of hydrogen-bond donors (Lipinski definition) is 3. The number of aryl methyl sites for hydroxylation is 1. The highest BCUT2D eigenvalue weighted by Gasteiger charge is 2.06. The summed E-state index contributed by atoms with van der Waals surface area (Å²) in [4.78, 5) is 23.8. The maximum absolute atomic E-state index is 12.0. The summed E-state index contributed by atoms with van der Waals surface area (Å²) in [6, 6.07) is 15.0. The molecule has 25 heavy (non-hydrogen) atoms. The SMILES string of the molecule is Cc1cccc(NCC(=O)Nc2ccc(NC(=O)CC(C)C)cc2)c1. The van der Waals surface area contributed by atoms with Crippen LogP contribution >= 0.6 is 0 Å². The molecule has 0 aliphatic rings. The smallest absolute Gasteiger partial charge is 0.243 e. The lowest BCUT2D eigenvalue weighted by atomic mass is 10.1. The molecule has 0 radical (unpaired) electrons. The lowest BCUT2D eigenvalue weighted by molar-refractivity contribution is -0.117. The first-order valence-corrected chi connectivity index (χ1v) is 8.42. The van der Waals surface area contributed by atoms with Crippen LogP contribution in [0, 0.1) is 12.8 Å². The van der Waals surface area contributed by atoms with Crippen molar-refractivity contribution in [1.82, 2.24) is 0 Å². The van der Waals surface area contributed by atoms with Gasteiger partial charge in [0.05, 0.1) is 6.54 Å². The van der Waals surface area contributed by atoms with Crippen LogP contribution in [0.3, 0.4) is 0 Å². The van der Waals surface area contributed by atoms with E-state index in [4.69, 9.17) is 0 Å². The first-order valence-electron chi connectivity index (χ1n) is 8.42. The van der Waals surface area contributed by atoms with Gasteiger partial charge in [-0.25, -0.2) is 0 Å². The van der Waals surface area contributed by atoms with E-state index < -0.39 is 0 Å². The zero-order chi connectivity index (χ0) is 18.2. The van der Waals surface area contributed by atoms with Crippen molar-refractivity contribution in [2.45, 2.75) is 27.2 Å². The fraction of sp³-hybridized carbons (Fsp3) is 0.300. The Labute approximate surface area is 148 Å². The highest BCUT2D eigenvalue weighted by Crippen LogP contribution is 2.15. The van der Waals surface area contributed by atoms with Crippen molar-refractivity contribution in [2.24, 2.45) is 5.92 Å². The van der Waals surface area contributed by atoms with Crippen LogP contribution in [-0.4, -0.2) is 18.4 Å². The minimum atomic E-state index is -0.127. The van der Waals surface area contributed by atoms with Gasteiger partial charge < -0.3 is 16.0 Å². The maximum Gasteiger partial charge on any atom is 0.243 e. The summed E-state index contributed by atoms with van der Waals surface area (Å²) >= 11 is 0. The van der Waals surface area contributed by atoms with E-state index in [0.717, 1.165) is 16.9 Å². The molecule has 5 nitrogen and oxygen atoms in total. The molecule has 2 amide bonds. The standard InChI is InChI=1S/C20H25N3O2/c1-14(2)11-19(24)22-16-7-9-17(10-8-16)23-20(25)13-21-18-6-4-5-15(3)12-18/h4-10,12,14,21H,11,13H2,1-3H3,(H,22,24)(H,23,25). The first kappa shape index (κ1) is 18.5. The molecule has 0 fully saturated rings. The van der Waals surface area contributed by atoms with Gasteiger partial charge in [0.25, 0.3) is 0 Å². The number of amides is 2. The molecule has 0 bridgehead atoms. The Balaban J connectivity index is 1.82. The molecule has 0 heterocycles. The van der Waals surface area contributed by atoms with Crippen molar-refractivity contribution < 1.29 is 9.59 Å². The van der Waals surface area contributed by atoms with Gasteiger partial charge in [-0.3, -0.25) is 9.59 Å². The van der Waals surface area contributed by atoms with E-state index in [1.54, 1.807) is 24.3 Å². The third kappa shape index (κ3) is 6.67. The molecule has 0 aliphatic carbocycles. The van der Waals surface area contributed by atoms with Gasteiger partial charge >= 0.3 is 0 Å². The van der Waals surface area contributed by atoms with Crippen LogP contribution in [0.15, 0.2) is 48.5 Å². The number of carbonyl (C=O) groups is 2. The van der Waals surface area contributed by atoms with Crippen LogP contribution in [-0.2, 0) is 9.59 Å². The molecular weight excluding hydrogens is 314 g/mol. The predicted molar refractivity (Wildman–Crippen MR) is 103 cm³/mol. The fourth-order valence-electron chi connectivity index (χ4n) is 2.36. The summed E-state index contributed by atoms with van der Waals surface area (Å²) in [5, 5.41) is 8.76. The highest BCUT2D eigenvalue weighted by molar-refractivity contribution is 5.94. The predicted octanol–water partition coefficient (Wildman–Crippen LogP) is 4.03. The van der Waals surface area contributed by atoms with Crippen LogP contribution in [0.1, 0.15) is 25.8 Å². The Hall–Kier alpha value is -2.82. The van der Waals surface area contributed by atoms with Crippen molar-refractivity contribution in [1.29, 1.82) is 0 Å². The van der Waals surface area contributed by atoms with Gasteiger partial charge in [0.15, 0.2) is 0 Å². The van der Waals surface area contributed by atoms with Crippen molar-refractivity contribution in [3.05, 3.63) is 54.1 Å². The molecule has 0 unspecified atom stereocenters. The Morgan fingerprint density at radius 1 is 0.880 bits per heavy atom. The summed E-state index contributed by atoms with van der Waals surface area (Å²) in [5.41, 5.74) is 3.47. The Morgan fingerprint density at radius 3 is 2.04 bits per heavy atom. The van der Waals surface area contributed by atoms with Gasteiger partial charge in [-0.05, 0) is 54.8 Å². The van der Waals surface area contributed by atoms with Crippen LogP contribution in [0.5, 0.6) is 0 Å². The van der Waals surface area contributed by atoms with Crippen molar-refractivity contribution in [2.75, 3.05) is 22.5 Å². The lowest BCUT2D eigenvalue weighted by Crippen LogP contribution is -2.21. The van der Waals surface area contributed by atoms with Gasteiger partial charge in [0, 0.05) is 23.5 Å². The number of anilines is 3. The number of benzene rings is 2. The Morgan fingerprint density at radius 2 is 1.48 bits per heavy atom. The van der Waals surface area contributed by atoms with Crippen molar-refractivity contribution >= 4 is 28.9 Å². The molecule has 0 spiro atoms. The molecule has 2 rings (SSSR count). The van der Waals surface area contributed by atoms with Gasteiger partial charge in [0.2, 0.25) is 11.8 Å². The van der Waals surface area contributed by atoms with Crippen LogP contribution in [0.4, 0.5) is 17.1 Å². The third-order valence-electron chi connectivity index (χ3n) is 3.52. The second-order valence-corrected chi connectivity index (χ2v) is 6.49. The summed E-state index contributed by atoms with van der Waals surface area (Å²) in [6.45, 7) is 6.20. The molecule has 2 aromatic rings. The molecule has 3 N–H and O–H groups in total. The topological polar surface area (TPSA) is 70.2 Å². The molecule has 0 saturated carbocycles. The average Bonchev–Trinajstić information content (AvgIpc) is 2.54. The number of hydrogen-bond acceptors (Lipinski definition) is 3. The van der Waals surface area contributed by atoms with Gasteiger partial charge in [-0.1, -0.05) is 26.0 Å². The van der Waals surface area contributed by atoms with E-state index in [0.29, 0.717) is 18.0 Å². The minimum absolute atomic E-state index is 0.00543. The molecule has 0 aliphatic heterocycles. The van der Waals surface area contributed by atoms with E-state index >= 15 is 0 Å². The van der Waals surface area contributed by atoms with Gasteiger partial charge in [-0.2, -0.15) is 0 Å². The third-order valence-corrected chi connectivity index (χ3v) is 3.52. The number of rotatable bonds is 7. The summed E-state index contributed by atoms with van der Waals surface area (Å²) in [6.07, 6.45) is 0.489. The summed E-state index contributed by atoms with van der Waals surface area (Å²) < 4.78 is 0. The van der Waals surface area contributed by atoms with Crippen molar-refractivity contribution in [3.63, 3.8) is 0 Å². The molecule has 5 heteroatoms. The minimum Gasteiger partial charge on any atom is -0.376 e. The van der Waals surface area contributed by atoms with Crippen LogP contribution in [0.25, 0.3) is 0 Å². The van der Waals surface area contributed by atoms with E-state index in [1.165, 1.54) is 0 Å². The van der Waals surface area contributed by atoms with Gasteiger partial charge in [0.1, 0.15) is 0 Å². The average molecular weight is 339 g/mol. The largest absolute Gasteiger partial charge is 0.376 e. The van der Waals surface area contributed by atoms with Gasteiger partial charge in [-0.15, -0.1) is 0 Å². The highest BCUT2D eigenvalue weighted by atomic mass is 16.2. The Kier molecular flexibility index (Phi) is 6.57.